The van der Waals surface area contributed by atoms with E-state index in [0.29, 0.717) is 0 Å². The summed E-state index contributed by atoms with van der Waals surface area (Å²) in [6, 6.07) is 31.5. The zero-order valence-corrected chi connectivity index (χ0v) is 14.0. The first kappa shape index (κ1) is 15.3. The molecule has 3 aromatic carbocycles. The number of hydrogen-bond acceptors (Lipinski definition) is 1. The van der Waals surface area contributed by atoms with Crippen LogP contribution < -0.4 is 0 Å². The Bertz CT molecular complexity index is 1000. The van der Waals surface area contributed by atoms with E-state index in [4.69, 9.17) is 4.98 Å². The van der Waals surface area contributed by atoms with Crippen LogP contribution in [0, 0.1) is 0 Å². The SMILES string of the molecule is C(=Cc1cc2ccccc2c(Cc2ccccc2)n1)c1ccccc1. The highest BCUT2D eigenvalue weighted by molar-refractivity contribution is 5.87. The highest BCUT2D eigenvalue weighted by atomic mass is 14.7. The van der Waals surface area contributed by atoms with Gasteiger partial charge < -0.3 is 0 Å². The number of rotatable bonds is 4. The van der Waals surface area contributed by atoms with E-state index in [2.05, 4.69) is 78.9 Å². The Kier molecular flexibility index (Phi) is 4.38. The molecule has 1 heteroatoms. The minimum absolute atomic E-state index is 0.842. The molecule has 4 aromatic rings. The van der Waals surface area contributed by atoms with Crippen molar-refractivity contribution in [3.8, 4) is 0 Å². The van der Waals surface area contributed by atoms with Crippen LogP contribution >= 0.6 is 0 Å². The van der Waals surface area contributed by atoms with Crippen LogP contribution in [0.4, 0.5) is 0 Å². The van der Waals surface area contributed by atoms with Crippen LogP contribution in [0.25, 0.3) is 22.9 Å². The average molecular weight is 321 g/mol. The van der Waals surface area contributed by atoms with Gasteiger partial charge in [-0.05, 0) is 28.7 Å². The van der Waals surface area contributed by atoms with Crippen LogP contribution in [0.3, 0.4) is 0 Å². The van der Waals surface area contributed by atoms with Crippen LogP contribution in [-0.2, 0) is 6.42 Å². The lowest BCUT2D eigenvalue weighted by Crippen LogP contribution is -1.96. The summed E-state index contributed by atoms with van der Waals surface area (Å²) < 4.78 is 0. The molecule has 0 N–H and O–H groups in total. The highest BCUT2D eigenvalue weighted by Gasteiger charge is 2.06. The van der Waals surface area contributed by atoms with E-state index in [0.717, 1.165) is 17.8 Å². The molecule has 0 saturated carbocycles. The molecule has 1 aromatic heterocycles. The lowest BCUT2D eigenvalue weighted by Gasteiger charge is -2.08. The van der Waals surface area contributed by atoms with Gasteiger partial charge in [0.05, 0.1) is 11.4 Å². The topological polar surface area (TPSA) is 12.9 Å². The Labute approximate surface area is 148 Å². The van der Waals surface area contributed by atoms with Crippen LogP contribution in [0.15, 0.2) is 91.0 Å². The molecule has 0 bridgehead atoms. The summed E-state index contributed by atoms with van der Waals surface area (Å²) in [5.41, 5.74) is 4.58. The fourth-order valence-electron chi connectivity index (χ4n) is 3.05. The summed E-state index contributed by atoms with van der Waals surface area (Å²) in [6.07, 6.45) is 5.05. The maximum Gasteiger partial charge on any atom is 0.0639 e. The van der Waals surface area contributed by atoms with Gasteiger partial charge in [-0.25, -0.2) is 0 Å². The second-order valence-corrected chi connectivity index (χ2v) is 6.12. The molecule has 0 atom stereocenters. The molecule has 0 saturated heterocycles. The quantitative estimate of drug-likeness (QED) is 0.449. The van der Waals surface area contributed by atoms with E-state index in [9.17, 15) is 0 Å². The predicted octanol–water partition coefficient (Wildman–Crippen LogP) is 6.00. The zero-order valence-electron chi connectivity index (χ0n) is 14.0. The molecule has 0 aliphatic heterocycles. The summed E-state index contributed by atoms with van der Waals surface area (Å²) in [6.45, 7) is 0. The Morgan fingerprint density at radius 3 is 2.16 bits per heavy atom. The van der Waals surface area contributed by atoms with Crippen molar-refractivity contribution in [2.45, 2.75) is 6.42 Å². The Balaban J connectivity index is 1.74. The maximum atomic E-state index is 4.92. The van der Waals surface area contributed by atoms with Gasteiger partial charge in [-0.1, -0.05) is 91.0 Å². The molecule has 4 rings (SSSR count). The first-order chi connectivity index (χ1) is 12.4. The summed E-state index contributed by atoms with van der Waals surface area (Å²) in [4.78, 5) is 4.92. The van der Waals surface area contributed by atoms with Crippen LogP contribution in [-0.4, -0.2) is 4.98 Å². The van der Waals surface area contributed by atoms with Crippen LogP contribution in [0.5, 0.6) is 0 Å². The van der Waals surface area contributed by atoms with Crippen molar-refractivity contribution in [1.82, 2.24) is 4.98 Å². The molecule has 0 unspecified atom stereocenters. The number of pyridine rings is 1. The summed E-state index contributed by atoms with van der Waals surface area (Å²) in [7, 11) is 0. The average Bonchev–Trinajstić information content (AvgIpc) is 2.68. The third kappa shape index (κ3) is 3.67. The first-order valence-corrected chi connectivity index (χ1v) is 8.54. The Morgan fingerprint density at radius 1 is 0.680 bits per heavy atom. The number of aromatic nitrogens is 1. The minimum atomic E-state index is 0.842. The smallest absolute Gasteiger partial charge is 0.0639 e. The van der Waals surface area contributed by atoms with Gasteiger partial charge in [-0.15, -0.1) is 0 Å². The van der Waals surface area contributed by atoms with Crippen molar-refractivity contribution < 1.29 is 0 Å². The monoisotopic (exact) mass is 321 g/mol. The third-order valence-corrected chi connectivity index (χ3v) is 4.30. The molecule has 1 nitrogen and oxygen atoms in total. The normalized spacial score (nSPS) is 11.2. The minimum Gasteiger partial charge on any atom is -0.252 e. The van der Waals surface area contributed by atoms with Gasteiger partial charge in [0.15, 0.2) is 0 Å². The van der Waals surface area contributed by atoms with Crippen LogP contribution in [0.1, 0.15) is 22.5 Å². The molecule has 25 heavy (non-hydrogen) atoms. The lowest BCUT2D eigenvalue weighted by molar-refractivity contribution is 1.09. The van der Waals surface area contributed by atoms with E-state index >= 15 is 0 Å². The Morgan fingerprint density at radius 2 is 1.36 bits per heavy atom. The van der Waals surface area contributed by atoms with Crippen molar-refractivity contribution in [2.75, 3.05) is 0 Å². The van der Waals surface area contributed by atoms with E-state index in [-0.39, 0.29) is 0 Å². The fourth-order valence-corrected chi connectivity index (χ4v) is 3.05. The van der Waals surface area contributed by atoms with Crippen molar-refractivity contribution in [3.05, 3.63) is 114 Å². The van der Waals surface area contributed by atoms with Gasteiger partial charge in [-0.2, -0.15) is 0 Å². The number of hydrogen-bond donors (Lipinski definition) is 0. The van der Waals surface area contributed by atoms with E-state index in [1.54, 1.807) is 0 Å². The van der Waals surface area contributed by atoms with E-state index in [1.165, 1.54) is 21.9 Å². The molecule has 0 radical (unpaired) electrons. The molecule has 0 spiro atoms. The summed E-state index contributed by atoms with van der Waals surface area (Å²) in [5.74, 6) is 0. The molecule has 1 heterocycles. The van der Waals surface area contributed by atoms with Gasteiger partial charge in [0.25, 0.3) is 0 Å². The van der Waals surface area contributed by atoms with Gasteiger partial charge in [0.1, 0.15) is 0 Å². The van der Waals surface area contributed by atoms with Gasteiger partial charge >= 0.3 is 0 Å². The largest absolute Gasteiger partial charge is 0.252 e. The van der Waals surface area contributed by atoms with E-state index < -0.39 is 0 Å². The molecule has 0 aliphatic carbocycles. The molecule has 0 aliphatic rings. The maximum absolute atomic E-state index is 4.92. The van der Waals surface area contributed by atoms with Gasteiger partial charge in [-0.3, -0.25) is 4.98 Å². The standard InChI is InChI=1S/C24H19N/c1-3-9-19(10-4-1)15-16-22-18-21-13-7-8-14-23(21)24(25-22)17-20-11-5-2-6-12-20/h1-16,18H,17H2. The number of nitrogens with zero attached hydrogens (tertiary/aromatic N) is 1. The van der Waals surface area contributed by atoms with Gasteiger partial charge in [0.2, 0.25) is 0 Å². The van der Waals surface area contributed by atoms with Crippen LogP contribution in [0.2, 0.25) is 0 Å². The third-order valence-electron chi connectivity index (χ3n) is 4.30. The Hall–Kier alpha value is -3.19. The second kappa shape index (κ2) is 7.14. The number of fused-ring (bicyclic) bond motifs is 1. The second-order valence-electron chi connectivity index (χ2n) is 6.12. The summed E-state index contributed by atoms with van der Waals surface area (Å²) in [5, 5.41) is 2.46. The predicted molar refractivity (Wildman–Crippen MR) is 106 cm³/mol. The molecular formula is C24H19N. The molecule has 120 valence electrons. The van der Waals surface area contributed by atoms with Crippen molar-refractivity contribution in [3.63, 3.8) is 0 Å². The summed E-state index contributed by atoms with van der Waals surface area (Å²) >= 11 is 0. The van der Waals surface area contributed by atoms with Gasteiger partial charge in [0, 0.05) is 11.8 Å². The number of benzene rings is 3. The lowest BCUT2D eigenvalue weighted by atomic mass is 10.0. The van der Waals surface area contributed by atoms with Crippen molar-refractivity contribution in [1.29, 1.82) is 0 Å². The molecular weight excluding hydrogens is 302 g/mol. The fraction of sp³-hybridized carbons (Fsp3) is 0.0417. The highest BCUT2D eigenvalue weighted by Crippen LogP contribution is 2.22. The molecule has 0 fully saturated rings. The first-order valence-electron chi connectivity index (χ1n) is 8.54. The van der Waals surface area contributed by atoms with Crippen molar-refractivity contribution >= 4 is 22.9 Å². The van der Waals surface area contributed by atoms with E-state index in [1.807, 2.05) is 24.3 Å². The zero-order chi connectivity index (χ0) is 16.9. The molecule has 0 amide bonds. The van der Waals surface area contributed by atoms with Crippen molar-refractivity contribution in [2.24, 2.45) is 0 Å².